The number of nitrogens with zero attached hydrogens (tertiary/aromatic N) is 3. The van der Waals surface area contributed by atoms with Crippen molar-refractivity contribution in [3.05, 3.63) is 60.9 Å². The first-order valence-corrected chi connectivity index (χ1v) is 6.50. The highest BCUT2D eigenvalue weighted by atomic mass is 16.5. The van der Waals surface area contributed by atoms with E-state index in [2.05, 4.69) is 20.3 Å². The van der Waals surface area contributed by atoms with Crippen molar-refractivity contribution in [1.82, 2.24) is 15.0 Å². The molecule has 1 N–H and O–H groups in total. The lowest BCUT2D eigenvalue weighted by Gasteiger charge is -2.06. The Kier molecular flexibility index (Phi) is 4.05. The van der Waals surface area contributed by atoms with Crippen LogP contribution in [-0.2, 0) is 11.3 Å². The maximum absolute atomic E-state index is 11.7. The molecule has 0 aliphatic heterocycles. The van der Waals surface area contributed by atoms with Crippen LogP contribution in [0.4, 0.5) is 10.5 Å². The van der Waals surface area contributed by atoms with Crippen LogP contribution in [0.2, 0.25) is 0 Å². The van der Waals surface area contributed by atoms with E-state index in [-0.39, 0.29) is 6.61 Å². The highest BCUT2D eigenvalue weighted by Gasteiger charge is 2.07. The fraction of sp³-hybridized carbons (Fsp3) is 0.0667. The van der Waals surface area contributed by atoms with E-state index in [9.17, 15) is 4.79 Å². The average molecular weight is 296 g/mol. The van der Waals surface area contributed by atoms with E-state index >= 15 is 0 Å². The lowest BCUT2D eigenvalue weighted by atomic mass is 10.2. The van der Waals surface area contributed by atoms with Crippen LogP contribution in [0.15, 0.2) is 59.7 Å². The third-order valence-corrected chi connectivity index (χ3v) is 2.76. The summed E-state index contributed by atoms with van der Waals surface area (Å²) in [6.07, 6.45) is 5.17. The van der Waals surface area contributed by atoms with Gasteiger partial charge < -0.3 is 9.15 Å². The van der Waals surface area contributed by atoms with Crippen molar-refractivity contribution in [3.8, 4) is 11.6 Å². The molecule has 2 heterocycles. The Balaban J connectivity index is 1.55. The Morgan fingerprint density at radius 2 is 1.91 bits per heavy atom. The Morgan fingerprint density at radius 1 is 1.14 bits per heavy atom. The first kappa shape index (κ1) is 13.7. The second-order valence-corrected chi connectivity index (χ2v) is 4.35. The molecule has 0 spiro atoms. The van der Waals surface area contributed by atoms with E-state index in [0.29, 0.717) is 17.3 Å². The summed E-state index contributed by atoms with van der Waals surface area (Å²) in [7, 11) is 0. The van der Waals surface area contributed by atoms with E-state index in [1.165, 1.54) is 25.0 Å². The summed E-state index contributed by atoms with van der Waals surface area (Å²) in [6, 6.07) is 9.42. The van der Waals surface area contributed by atoms with Crippen LogP contribution < -0.4 is 5.32 Å². The van der Waals surface area contributed by atoms with Crippen LogP contribution in [0.5, 0.6) is 0 Å². The van der Waals surface area contributed by atoms with Crippen molar-refractivity contribution in [3.63, 3.8) is 0 Å². The van der Waals surface area contributed by atoms with E-state index in [4.69, 9.17) is 9.15 Å². The molecule has 110 valence electrons. The van der Waals surface area contributed by atoms with Gasteiger partial charge in [0, 0.05) is 0 Å². The SMILES string of the molecule is O=C(Nc1cnc(-c2cnco2)nc1)OCc1ccccc1. The van der Waals surface area contributed by atoms with E-state index in [1.54, 1.807) is 0 Å². The smallest absolute Gasteiger partial charge is 0.412 e. The van der Waals surface area contributed by atoms with Crippen molar-refractivity contribution in [2.24, 2.45) is 0 Å². The molecule has 1 amide bonds. The number of carbonyl (C=O) groups excluding carboxylic acids is 1. The summed E-state index contributed by atoms with van der Waals surface area (Å²) in [5, 5.41) is 2.55. The van der Waals surface area contributed by atoms with Gasteiger partial charge in [-0.15, -0.1) is 0 Å². The first-order chi connectivity index (χ1) is 10.8. The number of aromatic nitrogens is 3. The summed E-state index contributed by atoms with van der Waals surface area (Å²) >= 11 is 0. The molecule has 0 saturated heterocycles. The van der Waals surface area contributed by atoms with Gasteiger partial charge in [-0.05, 0) is 5.56 Å². The minimum Gasteiger partial charge on any atom is -0.444 e. The van der Waals surface area contributed by atoms with Gasteiger partial charge in [-0.25, -0.2) is 19.7 Å². The maximum Gasteiger partial charge on any atom is 0.412 e. The van der Waals surface area contributed by atoms with Crippen LogP contribution in [0, 0.1) is 0 Å². The molecule has 0 fully saturated rings. The fourth-order valence-corrected chi connectivity index (χ4v) is 1.72. The molecule has 0 unspecified atom stereocenters. The zero-order valence-corrected chi connectivity index (χ0v) is 11.5. The van der Waals surface area contributed by atoms with Crippen LogP contribution in [0.1, 0.15) is 5.56 Å². The molecule has 3 rings (SSSR count). The van der Waals surface area contributed by atoms with Crippen LogP contribution in [-0.4, -0.2) is 21.0 Å². The number of hydrogen-bond acceptors (Lipinski definition) is 6. The number of ether oxygens (including phenoxy) is 1. The quantitative estimate of drug-likeness (QED) is 0.796. The number of benzene rings is 1. The number of oxazole rings is 1. The summed E-state index contributed by atoms with van der Waals surface area (Å²) < 4.78 is 10.2. The molecule has 3 aromatic rings. The third kappa shape index (κ3) is 3.45. The Labute approximate surface area is 126 Å². The number of anilines is 1. The van der Waals surface area contributed by atoms with Gasteiger partial charge in [0.15, 0.2) is 18.0 Å². The molecule has 0 atom stereocenters. The van der Waals surface area contributed by atoms with E-state index < -0.39 is 6.09 Å². The normalized spacial score (nSPS) is 10.2. The van der Waals surface area contributed by atoms with Gasteiger partial charge in [0.1, 0.15) is 6.61 Å². The summed E-state index contributed by atoms with van der Waals surface area (Å²) in [5.41, 5.74) is 1.34. The Hall–Kier alpha value is -3.22. The summed E-state index contributed by atoms with van der Waals surface area (Å²) in [5.74, 6) is 0.846. The van der Waals surface area contributed by atoms with Crippen molar-refractivity contribution >= 4 is 11.8 Å². The van der Waals surface area contributed by atoms with Crippen LogP contribution >= 0.6 is 0 Å². The van der Waals surface area contributed by atoms with Crippen LogP contribution in [0.25, 0.3) is 11.6 Å². The first-order valence-electron chi connectivity index (χ1n) is 6.50. The van der Waals surface area contributed by atoms with Crippen LogP contribution in [0.3, 0.4) is 0 Å². The molecular weight excluding hydrogens is 284 g/mol. The second-order valence-electron chi connectivity index (χ2n) is 4.35. The minimum absolute atomic E-state index is 0.198. The van der Waals surface area contributed by atoms with Gasteiger partial charge in [-0.2, -0.15) is 0 Å². The van der Waals surface area contributed by atoms with Crippen molar-refractivity contribution in [2.45, 2.75) is 6.61 Å². The average Bonchev–Trinajstić information content (AvgIpc) is 3.09. The van der Waals surface area contributed by atoms with Gasteiger partial charge in [0.25, 0.3) is 0 Å². The summed E-state index contributed by atoms with van der Waals surface area (Å²) in [6.45, 7) is 0.198. The molecule has 22 heavy (non-hydrogen) atoms. The molecule has 7 heteroatoms. The lowest BCUT2D eigenvalue weighted by Crippen LogP contribution is -2.13. The standard InChI is InChI=1S/C15H12N4O3/c20-15(21-9-11-4-2-1-3-5-11)19-12-6-17-14(18-7-12)13-8-16-10-22-13/h1-8,10H,9H2,(H,19,20). The van der Waals surface area contributed by atoms with Gasteiger partial charge in [-0.1, -0.05) is 30.3 Å². The van der Waals surface area contributed by atoms with Gasteiger partial charge >= 0.3 is 6.09 Å². The molecule has 0 bridgehead atoms. The van der Waals surface area contributed by atoms with E-state index in [0.717, 1.165) is 5.56 Å². The van der Waals surface area contributed by atoms with Crippen molar-refractivity contribution in [2.75, 3.05) is 5.32 Å². The molecule has 0 saturated carbocycles. The molecule has 0 radical (unpaired) electrons. The molecule has 0 aliphatic rings. The topological polar surface area (TPSA) is 90.1 Å². The fourth-order valence-electron chi connectivity index (χ4n) is 1.72. The molecular formula is C15H12N4O3. The number of hydrogen-bond donors (Lipinski definition) is 1. The molecule has 1 aromatic carbocycles. The predicted molar refractivity (Wildman–Crippen MR) is 77.8 cm³/mol. The highest BCUT2D eigenvalue weighted by molar-refractivity contribution is 5.84. The largest absolute Gasteiger partial charge is 0.444 e. The minimum atomic E-state index is -0.570. The number of rotatable bonds is 4. The highest BCUT2D eigenvalue weighted by Crippen LogP contribution is 2.14. The summed E-state index contributed by atoms with van der Waals surface area (Å²) in [4.78, 5) is 23.6. The predicted octanol–water partition coefficient (Wildman–Crippen LogP) is 2.88. The molecule has 0 aliphatic carbocycles. The zero-order chi connectivity index (χ0) is 15.2. The second kappa shape index (κ2) is 6.49. The maximum atomic E-state index is 11.7. The number of nitrogens with one attached hydrogen (secondary N) is 1. The molecule has 2 aromatic heterocycles. The molecule has 7 nitrogen and oxygen atoms in total. The lowest BCUT2D eigenvalue weighted by molar-refractivity contribution is 0.155. The Bertz CT molecular complexity index is 727. The van der Waals surface area contributed by atoms with Crippen molar-refractivity contribution < 1.29 is 13.9 Å². The Morgan fingerprint density at radius 3 is 2.59 bits per heavy atom. The van der Waals surface area contributed by atoms with Gasteiger partial charge in [0.2, 0.25) is 0 Å². The monoisotopic (exact) mass is 296 g/mol. The van der Waals surface area contributed by atoms with Gasteiger partial charge in [0.05, 0.1) is 24.3 Å². The number of amides is 1. The third-order valence-electron chi connectivity index (χ3n) is 2.76. The van der Waals surface area contributed by atoms with Crippen molar-refractivity contribution in [1.29, 1.82) is 0 Å². The zero-order valence-electron chi connectivity index (χ0n) is 11.5. The van der Waals surface area contributed by atoms with E-state index in [1.807, 2.05) is 30.3 Å². The number of carbonyl (C=O) groups is 1. The van der Waals surface area contributed by atoms with Gasteiger partial charge in [-0.3, -0.25) is 5.32 Å².